The van der Waals surface area contributed by atoms with Crippen LogP contribution in [0.3, 0.4) is 0 Å². The Bertz CT molecular complexity index is 403. The molecule has 5 heteroatoms. The molecule has 0 aliphatic carbocycles. The summed E-state index contributed by atoms with van der Waals surface area (Å²) in [6.07, 6.45) is 0. The lowest BCUT2D eigenvalue weighted by Gasteiger charge is -2.08. The number of carbonyl (C=O) groups excluding carboxylic acids is 1. The number of aliphatic carboxylic acids is 1. The molecule has 0 spiro atoms. The highest BCUT2D eigenvalue weighted by Crippen LogP contribution is 2.26. The minimum absolute atomic E-state index is 0.607. The van der Waals surface area contributed by atoms with Gasteiger partial charge in [-0.3, -0.25) is 4.79 Å². The number of hydrogen-bond donors (Lipinski definition) is 1. The summed E-state index contributed by atoms with van der Waals surface area (Å²) in [5.74, 6) is -1.52. The first-order valence-electron chi connectivity index (χ1n) is 4.62. The molecule has 0 aliphatic heterocycles. The number of ether oxygens (including phenoxy) is 1. The van der Waals surface area contributed by atoms with Gasteiger partial charge in [-0.2, -0.15) is 0 Å². The van der Waals surface area contributed by atoms with Crippen molar-refractivity contribution in [2.75, 3.05) is 7.11 Å². The lowest BCUT2D eigenvalue weighted by molar-refractivity contribution is -0.148. The van der Waals surface area contributed by atoms with E-state index in [-0.39, 0.29) is 0 Å². The van der Waals surface area contributed by atoms with Gasteiger partial charge in [0.15, 0.2) is 0 Å². The second-order valence-electron chi connectivity index (χ2n) is 3.11. The summed E-state index contributed by atoms with van der Waals surface area (Å²) in [4.78, 5) is 22.4. The molecule has 1 aromatic carbocycles. The Hall–Kier alpha value is -1.49. The average Bonchev–Trinajstić information content (AvgIpc) is 2.28. The van der Waals surface area contributed by atoms with E-state index in [0.29, 0.717) is 5.75 Å². The maximum Gasteiger partial charge on any atom is 0.373 e. The topological polar surface area (TPSA) is 63.6 Å². The van der Waals surface area contributed by atoms with E-state index in [4.69, 9.17) is 9.84 Å². The number of hydrogen-bond acceptors (Lipinski definition) is 4. The van der Waals surface area contributed by atoms with Crippen molar-refractivity contribution in [2.24, 2.45) is 0 Å². The molecule has 0 fully saturated rings. The molecule has 0 amide bonds. The van der Waals surface area contributed by atoms with Crippen molar-refractivity contribution in [1.82, 2.24) is 0 Å². The zero-order valence-electron chi connectivity index (χ0n) is 8.97. The maximum absolute atomic E-state index is 11.2. The maximum atomic E-state index is 11.2. The summed E-state index contributed by atoms with van der Waals surface area (Å²) < 4.78 is 5.03. The van der Waals surface area contributed by atoms with Gasteiger partial charge in [-0.05, 0) is 25.1 Å². The number of thioether (sulfide) groups is 1. The molecule has 86 valence electrons. The Kier molecular flexibility index (Phi) is 4.37. The van der Waals surface area contributed by atoms with Crippen LogP contribution in [0.5, 0.6) is 5.75 Å². The number of carboxylic acids is 1. The zero-order valence-corrected chi connectivity index (χ0v) is 9.78. The van der Waals surface area contributed by atoms with E-state index in [1.807, 2.05) is 0 Å². The van der Waals surface area contributed by atoms with E-state index in [2.05, 4.69) is 0 Å². The molecule has 0 saturated carbocycles. The van der Waals surface area contributed by atoms with Crippen LogP contribution in [0.1, 0.15) is 6.92 Å². The van der Waals surface area contributed by atoms with E-state index in [1.165, 1.54) is 11.8 Å². The first-order valence-corrected chi connectivity index (χ1v) is 5.50. The highest BCUT2D eigenvalue weighted by atomic mass is 32.2. The highest BCUT2D eigenvalue weighted by molar-refractivity contribution is 8.00. The number of rotatable bonds is 5. The molecule has 1 rings (SSSR count). The monoisotopic (exact) mass is 240 g/mol. The summed E-state index contributed by atoms with van der Waals surface area (Å²) >= 11 is 1.20. The first kappa shape index (κ1) is 12.6. The van der Waals surface area contributed by atoms with Gasteiger partial charge in [0, 0.05) is 4.90 Å². The number of carboxylic acid groups (broad SMARTS) is 1. The van der Waals surface area contributed by atoms with Crippen molar-refractivity contribution in [3.8, 4) is 5.75 Å². The summed E-state index contributed by atoms with van der Waals surface area (Å²) in [6, 6.07) is 7.14. The third-order valence-corrected chi connectivity index (χ3v) is 3.03. The van der Waals surface area contributed by atoms with Crippen molar-refractivity contribution < 1.29 is 19.4 Å². The standard InChI is InChI=1S/C11H12O4S/c1-7(10(12)11(13)14)16-9-5-3-4-8(6-9)15-2/h3-7H,1-2H3,(H,13,14). The highest BCUT2D eigenvalue weighted by Gasteiger charge is 2.21. The number of Topliss-reactive ketones (excluding diaryl/α,β-unsaturated/α-hetero) is 1. The van der Waals surface area contributed by atoms with Crippen LogP contribution in [0, 0.1) is 0 Å². The van der Waals surface area contributed by atoms with Gasteiger partial charge in [0.25, 0.3) is 5.78 Å². The van der Waals surface area contributed by atoms with Crippen LogP contribution in [-0.2, 0) is 9.59 Å². The molecule has 0 saturated heterocycles. The van der Waals surface area contributed by atoms with E-state index in [1.54, 1.807) is 38.3 Å². The molecule has 0 aliphatic rings. The molecular formula is C11H12O4S. The first-order chi connectivity index (χ1) is 7.54. The number of ketones is 1. The van der Waals surface area contributed by atoms with Crippen LogP contribution in [0.15, 0.2) is 29.2 Å². The zero-order chi connectivity index (χ0) is 12.1. The van der Waals surface area contributed by atoms with Crippen molar-refractivity contribution in [1.29, 1.82) is 0 Å². The Balaban J connectivity index is 2.72. The van der Waals surface area contributed by atoms with Crippen LogP contribution in [0.25, 0.3) is 0 Å². The normalized spacial score (nSPS) is 11.9. The second-order valence-corrected chi connectivity index (χ2v) is 4.52. The number of carbonyl (C=O) groups is 2. The molecular weight excluding hydrogens is 228 g/mol. The van der Waals surface area contributed by atoms with Crippen LogP contribution in [-0.4, -0.2) is 29.2 Å². The molecule has 0 bridgehead atoms. The van der Waals surface area contributed by atoms with Gasteiger partial charge in [-0.15, -0.1) is 11.8 Å². The minimum Gasteiger partial charge on any atom is -0.497 e. The van der Waals surface area contributed by atoms with Gasteiger partial charge in [0.1, 0.15) is 5.75 Å². The van der Waals surface area contributed by atoms with Crippen LogP contribution in [0.2, 0.25) is 0 Å². The van der Waals surface area contributed by atoms with Crippen LogP contribution < -0.4 is 4.74 Å². The number of benzene rings is 1. The van der Waals surface area contributed by atoms with Gasteiger partial charge in [0.2, 0.25) is 0 Å². The lowest BCUT2D eigenvalue weighted by atomic mass is 10.3. The Morgan fingerprint density at radius 3 is 2.69 bits per heavy atom. The van der Waals surface area contributed by atoms with Crippen LogP contribution in [0.4, 0.5) is 0 Å². The molecule has 1 aromatic rings. The third-order valence-electron chi connectivity index (χ3n) is 1.93. The minimum atomic E-state index is -1.40. The van der Waals surface area contributed by atoms with Crippen molar-refractivity contribution in [3.05, 3.63) is 24.3 Å². The molecule has 16 heavy (non-hydrogen) atoms. The summed E-state index contributed by atoms with van der Waals surface area (Å²) in [5.41, 5.74) is 0. The molecule has 1 N–H and O–H groups in total. The Morgan fingerprint density at radius 2 is 2.12 bits per heavy atom. The van der Waals surface area contributed by atoms with Crippen LogP contribution >= 0.6 is 11.8 Å². The summed E-state index contributed by atoms with van der Waals surface area (Å²) in [5, 5.41) is 7.94. The summed E-state index contributed by atoms with van der Waals surface area (Å²) in [7, 11) is 1.55. The van der Waals surface area contributed by atoms with Gasteiger partial charge in [0.05, 0.1) is 12.4 Å². The fourth-order valence-electron chi connectivity index (χ4n) is 1.11. The fourth-order valence-corrected chi connectivity index (χ4v) is 2.06. The van der Waals surface area contributed by atoms with Crippen molar-refractivity contribution >= 4 is 23.5 Å². The van der Waals surface area contributed by atoms with E-state index < -0.39 is 17.0 Å². The predicted molar refractivity (Wildman–Crippen MR) is 61.0 cm³/mol. The average molecular weight is 240 g/mol. The molecule has 0 heterocycles. The van der Waals surface area contributed by atoms with E-state index in [0.717, 1.165) is 4.90 Å². The van der Waals surface area contributed by atoms with Gasteiger partial charge >= 0.3 is 5.97 Å². The second kappa shape index (κ2) is 5.55. The Morgan fingerprint density at radius 1 is 1.44 bits per heavy atom. The lowest BCUT2D eigenvalue weighted by Crippen LogP contribution is -2.22. The fraction of sp³-hybridized carbons (Fsp3) is 0.273. The molecule has 0 aromatic heterocycles. The SMILES string of the molecule is COc1cccc(SC(C)C(=O)C(=O)O)c1. The smallest absolute Gasteiger partial charge is 0.373 e. The predicted octanol–water partition coefficient (Wildman–Crippen LogP) is 1.83. The quantitative estimate of drug-likeness (QED) is 0.628. The molecule has 4 nitrogen and oxygen atoms in total. The van der Waals surface area contributed by atoms with Gasteiger partial charge in [-0.25, -0.2) is 4.79 Å². The number of methoxy groups -OCH3 is 1. The van der Waals surface area contributed by atoms with E-state index in [9.17, 15) is 9.59 Å². The Labute approximate surface area is 97.6 Å². The van der Waals surface area contributed by atoms with Gasteiger partial charge in [-0.1, -0.05) is 6.07 Å². The van der Waals surface area contributed by atoms with Gasteiger partial charge < -0.3 is 9.84 Å². The summed E-state index contributed by atoms with van der Waals surface area (Å²) in [6.45, 7) is 1.57. The largest absolute Gasteiger partial charge is 0.497 e. The third kappa shape index (κ3) is 3.27. The van der Waals surface area contributed by atoms with E-state index >= 15 is 0 Å². The molecule has 1 unspecified atom stereocenters. The molecule has 1 atom stereocenters. The molecule has 0 radical (unpaired) electrons. The van der Waals surface area contributed by atoms with Crippen molar-refractivity contribution in [2.45, 2.75) is 17.1 Å². The van der Waals surface area contributed by atoms with Crippen molar-refractivity contribution in [3.63, 3.8) is 0 Å².